The maximum atomic E-state index is 13.5. The van der Waals surface area contributed by atoms with Gasteiger partial charge in [0, 0.05) is 25.2 Å². The van der Waals surface area contributed by atoms with Crippen LogP contribution in [-0.2, 0) is 17.5 Å². The van der Waals surface area contributed by atoms with Gasteiger partial charge in [0.15, 0.2) is 11.3 Å². The van der Waals surface area contributed by atoms with Crippen molar-refractivity contribution in [1.82, 2.24) is 19.5 Å². The molecule has 4 heterocycles. The number of alkyl halides is 3. The van der Waals surface area contributed by atoms with Gasteiger partial charge in [0.05, 0.1) is 34.3 Å². The van der Waals surface area contributed by atoms with Crippen LogP contribution in [0.15, 0.2) is 24.4 Å². The smallest absolute Gasteiger partial charge is 0.379 e. The fourth-order valence-electron chi connectivity index (χ4n) is 2.90. The van der Waals surface area contributed by atoms with E-state index in [4.69, 9.17) is 16.3 Å². The number of aromatic nitrogens is 3. The number of fused-ring (bicyclic) bond motifs is 1. The molecular formula is C16H14ClF3N4OS. The number of ether oxygens (including phenoxy) is 1. The van der Waals surface area contributed by atoms with Crippen LogP contribution in [0.1, 0.15) is 11.3 Å². The molecule has 10 heteroatoms. The molecule has 26 heavy (non-hydrogen) atoms. The third-order valence-corrected chi connectivity index (χ3v) is 5.41. The highest BCUT2D eigenvalue weighted by Gasteiger charge is 2.35. The average Bonchev–Trinajstić information content (AvgIpc) is 3.21. The Morgan fingerprint density at radius 2 is 2.00 bits per heavy atom. The standard InChI is InChI=1S/C16H14ClF3N4OS/c17-14-2-1-12(26-14)11-7-13(16(18,19)20)24-15(22-11)10(8-21-24)9-23-3-5-25-6-4-23/h1-2,7-8H,3-6,9H2. The van der Waals surface area contributed by atoms with Crippen LogP contribution >= 0.6 is 22.9 Å². The van der Waals surface area contributed by atoms with E-state index >= 15 is 0 Å². The van der Waals surface area contributed by atoms with Gasteiger partial charge in [-0.25, -0.2) is 9.50 Å². The molecule has 0 N–H and O–H groups in total. The Bertz CT molecular complexity index is 933. The molecular weight excluding hydrogens is 389 g/mol. The topological polar surface area (TPSA) is 42.7 Å². The van der Waals surface area contributed by atoms with Crippen LogP contribution in [0.25, 0.3) is 16.2 Å². The molecule has 0 unspecified atom stereocenters. The molecule has 0 spiro atoms. The fourth-order valence-corrected chi connectivity index (χ4v) is 3.90. The van der Waals surface area contributed by atoms with Crippen LogP contribution in [0.2, 0.25) is 4.34 Å². The second-order valence-electron chi connectivity index (χ2n) is 5.92. The Kier molecular flexibility index (Phi) is 4.64. The third kappa shape index (κ3) is 3.44. The summed E-state index contributed by atoms with van der Waals surface area (Å²) in [5, 5.41) is 3.94. The predicted molar refractivity (Wildman–Crippen MR) is 92.4 cm³/mol. The van der Waals surface area contributed by atoms with Crippen molar-refractivity contribution in [3.63, 3.8) is 0 Å². The Morgan fingerprint density at radius 1 is 1.23 bits per heavy atom. The van der Waals surface area contributed by atoms with Gasteiger partial charge >= 0.3 is 6.18 Å². The lowest BCUT2D eigenvalue weighted by molar-refractivity contribution is -0.142. The molecule has 1 fully saturated rings. The molecule has 138 valence electrons. The first-order valence-corrected chi connectivity index (χ1v) is 9.12. The van der Waals surface area contributed by atoms with E-state index in [0.717, 1.165) is 23.7 Å². The number of rotatable bonds is 3. The van der Waals surface area contributed by atoms with Crippen LogP contribution in [0.5, 0.6) is 0 Å². The zero-order valence-electron chi connectivity index (χ0n) is 13.5. The molecule has 3 aromatic heterocycles. The maximum Gasteiger partial charge on any atom is 0.433 e. The van der Waals surface area contributed by atoms with Gasteiger partial charge < -0.3 is 4.74 Å². The van der Waals surface area contributed by atoms with Crippen LogP contribution in [0, 0.1) is 0 Å². The minimum atomic E-state index is -4.54. The van der Waals surface area contributed by atoms with E-state index in [1.807, 2.05) is 0 Å². The average molecular weight is 403 g/mol. The Balaban J connectivity index is 1.82. The summed E-state index contributed by atoms with van der Waals surface area (Å²) in [5.41, 5.74) is 0.258. The summed E-state index contributed by atoms with van der Waals surface area (Å²) < 4.78 is 47.3. The first kappa shape index (κ1) is 17.7. The lowest BCUT2D eigenvalue weighted by Gasteiger charge is -2.26. The number of thiophene rings is 1. The Labute approximate surface area is 156 Å². The van der Waals surface area contributed by atoms with Gasteiger partial charge in [0.2, 0.25) is 0 Å². The van der Waals surface area contributed by atoms with Crippen molar-refractivity contribution in [2.24, 2.45) is 0 Å². The first-order valence-electron chi connectivity index (χ1n) is 7.92. The summed E-state index contributed by atoms with van der Waals surface area (Å²) in [6.07, 6.45) is -3.09. The molecule has 0 aliphatic carbocycles. The Hall–Kier alpha value is -1.68. The van der Waals surface area contributed by atoms with Gasteiger partial charge in [0.25, 0.3) is 0 Å². The molecule has 4 rings (SSSR count). The molecule has 1 aliphatic heterocycles. The number of halogens is 4. The predicted octanol–water partition coefficient (Wildman–Crippen LogP) is 3.96. The van der Waals surface area contributed by atoms with Crippen molar-refractivity contribution in [3.8, 4) is 10.6 Å². The minimum absolute atomic E-state index is 0.214. The normalized spacial score (nSPS) is 16.5. The van der Waals surface area contributed by atoms with Gasteiger partial charge in [0.1, 0.15) is 0 Å². The van der Waals surface area contributed by atoms with Gasteiger partial charge in [-0.2, -0.15) is 18.3 Å². The van der Waals surface area contributed by atoms with E-state index in [-0.39, 0.29) is 11.3 Å². The van der Waals surface area contributed by atoms with E-state index in [9.17, 15) is 13.2 Å². The second-order valence-corrected chi connectivity index (χ2v) is 7.64. The molecule has 3 aromatic rings. The highest BCUT2D eigenvalue weighted by atomic mass is 35.5. The molecule has 0 radical (unpaired) electrons. The van der Waals surface area contributed by atoms with Crippen LogP contribution in [0.4, 0.5) is 13.2 Å². The highest BCUT2D eigenvalue weighted by molar-refractivity contribution is 7.19. The zero-order valence-corrected chi connectivity index (χ0v) is 15.0. The van der Waals surface area contributed by atoms with Gasteiger partial charge in [-0.3, -0.25) is 4.90 Å². The van der Waals surface area contributed by atoms with E-state index in [0.29, 0.717) is 34.5 Å². The SMILES string of the molecule is FC(F)(F)c1cc(-c2ccc(Cl)s2)nc2c(CN3CCOCC3)cnn12. The Morgan fingerprint density at radius 3 is 2.65 bits per heavy atom. The molecule has 1 saturated heterocycles. The van der Waals surface area contributed by atoms with Crippen molar-refractivity contribution in [1.29, 1.82) is 0 Å². The van der Waals surface area contributed by atoms with Gasteiger partial charge in [-0.15, -0.1) is 11.3 Å². The second kappa shape index (κ2) is 6.80. The molecule has 0 atom stereocenters. The maximum absolute atomic E-state index is 13.5. The monoisotopic (exact) mass is 402 g/mol. The van der Waals surface area contributed by atoms with Crippen molar-refractivity contribution in [3.05, 3.63) is 40.0 Å². The van der Waals surface area contributed by atoms with E-state index in [1.54, 1.807) is 12.1 Å². The van der Waals surface area contributed by atoms with Crippen LogP contribution < -0.4 is 0 Å². The fraction of sp³-hybridized carbons (Fsp3) is 0.375. The van der Waals surface area contributed by atoms with Crippen molar-refractivity contribution >= 4 is 28.6 Å². The van der Waals surface area contributed by atoms with Crippen LogP contribution in [0.3, 0.4) is 0 Å². The van der Waals surface area contributed by atoms with Crippen LogP contribution in [-0.4, -0.2) is 45.8 Å². The summed E-state index contributed by atoms with van der Waals surface area (Å²) >= 11 is 7.12. The minimum Gasteiger partial charge on any atom is -0.379 e. The number of hydrogen-bond donors (Lipinski definition) is 0. The zero-order chi connectivity index (χ0) is 18.3. The summed E-state index contributed by atoms with van der Waals surface area (Å²) in [6, 6.07) is 4.33. The first-order chi connectivity index (χ1) is 12.4. The van der Waals surface area contributed by atoms with Crippen molar-refractivity contribution < 1.29 is 17.9 Å². The molecule has 0 saturated carbocycles. The largest absolute Gasteiger partial charge is 0.433 e. The van der Waals surface area contributed by atoms with Gasteiger partial charge in [-0.05, 0) is 18.2 Å². The van der Waals surface area contributed by atoms with E-state index < -0.39 is 11.9 Å². The summed E-state index contributed by atoms with van der Waals surface area (Å²) in [4.78, 5) is 7.15. The summed E-state index contributed by atoms with van der Waals surface area (Å²) in [5.74, 6) is 0. The van der Waals surface area contributed by atoms with E-state index in [1.165, 1.54) is 17.5 Å². The lowest BCUT2D eigenvalue weighted by Crippen LogP contribution is -2.35. The molecule has 0 bridgehead atoms. The molecule has 0 aromatic carbocycles. The van der Waals surface area contributed by atoms with E-state index in [2.05, 4.69) is 15.0 Å². The summed E-state index contributed by atoms with van der Waals surface area (Å²) in [6.45, 7) is 3.15. The summed E-state index contributed by atoms with van der Waals surface area (Å²) in [7, 11) is 0. The quantitative estimate of drug-likeness (QED) is 0.665. The molecule has 5 nitrogen and oxygen atoms in total. The highest BCUT2D eigenvalue weighted by Crippen LogP contribution is 2.35. The van der Waals surface area contributed by atoms with Crippen molar-refractivity contribution in [2.75, 3.05) is 26.3 Å². The lowest BCUT2D eigenvalue weighted by atomic mass is 10.2. The van der Waals surface area contributed by atoms with Crippen molar-refractivity contribution in [2.45, 2.75) is 12.7 Å². The molecule has 1 aliphatic rings. The number of hydrogen-bond acceptors (Lipinski definition) is 5. The van der Waals surface area contributed by atoms with Gasteiger partial charge in [-0.1, -0.05) is 11.6 Å². The number of morpholine rings is 1. The number of nitrogens with zero attached hydrogens (tertiary/aromatic N) is 4. The molecule has 0 amide bonds. The third-order valence-electron chi connectivity index (χ3n) is 4.16.